The van der Waals surface area contributed by atoms with E-state index in [1.807, 2.05) is 6.07 Å². The Morgan fingerprint density at radius 3 is 2.67 bits per heavy atom. The van der Waals surface area contributed by atoms with Gasteiger partial charge < -0.3 is 24.1 Å². The average Bonchev–Trinajstić information content (AvgIpc) is 3.42. The number of ether oxygens (including phenoxy) is 2. The number of carbonyl (C=O) groups is 1. The van der Waals surface area contributed by atoms with Gasteiger partial charge in [-0.15, -0.1) is 0 Å². The fourth-order valence-corrected chi connectivity index (χ4v) is 5.06. The molecule has 0 saturated carbocycles. The smallest absolute Gasteiger partial charge is 0.254 e. The van der Waals surface area contributed by atoms with Gasteiger partial charge in [0.15, 0.2) is 5.58 Å². The summed E-state index contributed by atoms with van der Waals surface area (Å²) in [5.41, 5.74) is 3.50. The van der Waals surface area contributed by atoms with Crippen LogP contribution in [0.4, 0.5) is 4.39 Å². The highest BCUT2D eigenvalue weighted by Gasteiger charge is 2.22. The van der Waals surface area contributed by atoms with Gasteiger partial charge in [0.1, 0.15) is 35.0 Å². The highest BCUT2D eigenvalue weighted by molar-refractivity contribution is 5.96. The maximum atomic E-state index is 15.2. The Bertz CT molecular complexity index is 1570. The molecular weight excluding hydrogens is 499 g/mol. The van der Waals surface area contributed by atoms with Crippen molar-refractivity contribution in [1.29, 1.82) is 5.26 Å². The summed E-state index contributed by atoms with van der Waals surface area (Å²) in [5.74, 6) is 0.116. The fourth-order valence-electron chi connectivity index (χ4n) is 5.06. The minimum Gasteiger partial charge on any atom is -0.489 e. The summed E-state index contributed by atoms with van der Waals surface area (Å²) >= 11 is 0. The molecule has 2 aliphatic rings. The molecule has 2 saturated heterocycles. The highest BCUT2D eigenvalue weighted by atomic mass is 19.1. The molecule has 0 unspecified atom stereocenters. The van der Waals surface area contributed by atoms with E-state index in [0.29, 0.717) is 60.0 Å². The molecule has 2 aromatic carbocycles. The molecule has 39 heavy (non-hydrogen) atoms. The van der Waals surface area contributed by atoms with Crippen molar-refractivity contribution < 1.29 is 23.1 Å². The number of carbonyl (C=O) groups excluding carboxylic acids is 1. The zero-order valence-electron chi connectivity index (χ0n) is 21.3. The van der Waals surface area contributed by atoms with Gasteiger partial charge in [-0.05, 0) is 42.0 Å². The Morgan fingerprint density at radius 2 is 1.90 bits per heavy atom. The van der Waals surface area contributed by atoms with Crippen molar-refractivity contribution in [2.24, 2.45) is 0 Å². The Hall–Kier alpha value is -4.26. The van der Waals surface area contributed by atoms with Gasteiger partial charge in [-0.1, -0.05) is 6.07 Å². The van der Waals surface area contributed by atoms with Gasteiger partial charge >= 0.3 is 0 Å². The van der Waals surface area contributed by atoms with E-state index in [0.717, 1.165) is 37.1 Å². The number of nitrogens with one attached hydrogen (secondary N) is 1. The van der Waals surface area contributed by atoms with Crippen molar-refractivity contribution in [2.45, 2.75) is 18.9 Å². The topological polar surface area (TPSA) is 101 Å². The molecule has 2 fully saturated rings. The monoisotopic (exact) mass is 526 g/mol. The van der Waals surface area contributed by atoms with E-state index in [1.54, 1.807) is 47.5 Å². The number of nitrogens with zero attached hydrogens (tertiary/aromatic N) is 3. The first-order valence-corrected chi connectivity index (χ1v) is 13.1. The van der Waals surface area contributed by atoms with E-state index >= 15 is 4.39 Å². The largest absolute Gasteiger partial charge is 0.489 e. The fraction of sp³-hybridized carbons (Fsp3) is 0.300. The van der Waals surface area contributed by atoms with Gasteiger partial charge in [0.2, 0.25) is 0 Å². The molecule has 0 atom stereocenters. The van der Waals surface area contributed by atoms with Gasteiger partial charge in [-0.25, -0.2) is 4.39 Å². The average molecular weight is 527 g/mol. The Balaban J connectivity index is 1.29. The lowest BCUT2D eigenvalue weighted by atomic mass is 10.0. The van der Waals surface area contributed by atoms with E-state index in [2.05, 4.69) is 16.4 Å². The summed E-state index contributed by atoms with van der Waals surface area (Å²) in [4.78, 5) is 18.9. The van der Waals surface area contributed by atoms with Crippen molar-refractivity contribution in [1.82, 2.24) is 15.2 Å². The molecule has 6 rings (SSSR count). The third-order valence-electron chi connectivity index (χ3n) is 7.17. The molecule has 1 amide bonds. The summed E-state index contributed by atoms with van der Waals surface area (Å²) in [5, 5.41) is 13.0. The third-order valence-corrected chi connectivity index (χ3v) is 7.17. The maximum absolute atomic E-state index is 15.2. The van der Waals surface area contributed by atoms with Crippen LogP contribution in [0, 0.1) is 17.1 Å². The normalized spacial score (nSPS) is 16.3. The van der Waals surface area contributed by atoms with E-state index in [4.69, 9.17) is 13.9 Å². The van der Waals surface area contributed by atoms with Crippen LogP contribution in [-0.2, 0) is 4.74 Å². The molecule has 0 radical (unpaired) electrons. The number of piperazine rings is 1. The lowest BCUT2D eigenvalue weighted by Crippen LogP contribution is -2.46. The molecule has 9 heteroatoms. The number of fused-ring (bicyclic) bond motifs is 1. The summed E-state index contributed by atoms with van der Waals surface area (Å²) in [6.07, 6.45) is 3.24. The standard InChI is InChI=1S/C30H27FN4O4/c31-25-16-20(30(36)35-11-9-33-10-12-35)1-3-24(25)28-17-26-29(39-28)23(5-8-34-26)19-2-4-27(21(15-19)18-32)38-22-6-13-37-14-7-22/h1-5,8,15-17,22,33H,6-7,9-14H2. The van der Waals surface area contributed by atoms with Crippen LogP contribution in [0.1, 0.15) is 28.8 Å². The second-order valence-corrected chi connectivity index (χ2v) is 9.67. The van der Waals surface area contributed by atoms with Gasteiger partial charge in [0.25, 0.3) is 5.91 Å². The second kappa shape index (κ2) is 10.8. The number of hydrogen-bond donors (Lipinski definition) is 1. The number of nitriles is 1. The van der Waals surface area contributed by atoms with Crippen LogP contribution >= 0.6 is 0 Å². The van der Waals surface area contributed by atoms with Gasteiger partial charge in [-0.3, -0.25) is 9.78 Å². The van der Waals surface area contributed by atoms with Crippen LogP contribution in [0.3, 0.4) is 0 Å². The molecule has 4 aromatic rings. The summed E-state index contributed by atoms with van der Waals surface area (Å²) in [6, 6.07) is 15.6. The number of halogens is 1. The second-order valence-electron chi connectivity index (χ2n) is 9.67. The number of rotatable bonds is 5. The first-order chi connectivity index (χ1) is 19.1. The van der Waals surface area contributed by atoms with Crippen molar-refractivity contribution in [2.75, 3.05) is 39.4 Å². The van der Waals surface area contributed by atoms with Crippen LogP contribution in [0.2, 0.25) is 0 Å². The number of hydrogen-bond acceptors (Lipinski definition) is 7. The van der Waals surface area contributed by atoms with E-state index in [9.17, 15) is 10.1 Å². The van der Waals surface area contributed by atoms with Crippen molar-refractivity contribution >= 4 is 17.0 Å². The van der Waals surface area contributed by atoms with Crippen molar-refractivity contribution in [3.05, 3.63) is 71.7 Å². The van der Waals surface area contributed by atoms with Crippen LogP contribution in [0.5, 0.6) is 5.75 Å². The minimum absolute atomic E-state index is 0.0189. The predicted octanol–water partition coefficient (Wildman–Crippen LogP) is 4.78. The van der Waals surface area contributed by atoms with Crippen molar-refractivity contribution in [3.8, 4) is 34.3 Å². The molecule has 0 bridgehead atoms. The number of furan rings is 1. The summed E-state index contributed by atoms with van der Waals surface area (Å²) in [6.45, 7) is 3.93. The van der Waals surface area contributed by atoms with E-state index in [1.165, 1.54) is 6.07 Å². The van der Waals surface area contributed by atoms with Gasteiger partial charge in [0, 0.05) is 62.4 Å². The Labute approximate surface area is 225 Å². The highest BCUT2D eigenvalue weighted by Crippen LogP contribution is 2.36. The first-order valence-electron chi connectivity index (χ1n) is 13.1. The predicted molar refractivity (Wildman–Crippen MR) is 143 cm³/mol. The van der Waals surface area contributed by atoms with Crippen LogP contribution < -0.4 is 10.1 Å². The molecule has 4 heterocycles. The Morgan fingerprint density at radius 1 is 1.08 bits per heavy atom. The quantitative estimate of drug-likeness (QED) is 0.400. The zero-order chi connectivity index (χ0) is 26.8. The minimum atomic E-state index is -0.544. The molecule has 2 aromatic heterocycles. The van der Waals surface area contributed by atoms with Crippen molar-refractivity contribution in [3.63, 3.8) is 0 Å². The lowest BCUT2D eigenvalue weighted by Gasteiger charge is -2.27. The maximum Gasteiger partial charge on any atom is 0.254 e. The van der Waals surface area contributed by atoms with Crippen LogP contribution in [0.15, 0.2) is 59.1 Å². The molecule has 198 valence electrons. The van der Waals surface area contributed by atoms with Gasteiger partial charge in [0.05, 0.1) is 24.3 Å². The number of pyridine rings is 1. The number of amides is 1. The molecular formula is C30H27FN4O4. The van der Waals surface area contributed by atoms with Gasteiger partial charge in [-0.2, -0.15) is 5.26 Å². The summed E-state index contributed by atoms with van der Waals surface area (Å²) in [7, 11) is 0. The van der Waals surface area contributed by atoms with E-state index in [-0.39, 0.29) is 17.6 Å². The molecule has 1 N–H and O–H groups in total. The molecule has 0 aliphatic carbocycles. The summed E-state index contributed by atoms with van der Waals surface area (Å²) < 4.78 is 32.8. The first kappa shape index (κ1) is 25.0. The zero-order valence-corrected chi connectivity index (χ0v) is 21.3. The number of aromatic nitrogens is 1. The number of benzene rings is 2. The molecule has 8 nitrogen and oxygen atoms in total. The molecule has 2 aliphatic heterocycles. The van der Waals surface area contributed by atoms with Crippen LogP contribution in [0.25, 0.3) is 33.6 Å². The third kappa shape index (κ3) is 5.09. The van der Waals surface area contributed by atoms with E-state index < -0.39 is 5.82 Å². The SMILES string of the molecule is N#Cc1cc(-c2ccnc3cc(-c4ccc(C(=O)N5CCNCC5)cc4F)oc23)ccc1OC1CCOCC1. The van der Waals surface area contributed by atoms with Crippen LogP contribution in [-0.4, -0.2) is 61.3 Å². The molecule has 0 spiro atoms. The Kier molecular flexibility index (Phi) is 6.97. The lowest BCUT2D eigenvalue weighted by molar-refractivity contribution is 0.0254.